The summed E-state index contributed by atoms with van der Waals surface area (Å²) >= 11 is 0. The lowest BCUT2D eigenvalue weighted by Crippen LogP contribution is -2.53. The van der Waals surface area contributed by atoms with Crippen LogP contribution in [0.1, 0.15) is 56.0 Å². The van der Waals surface area contributed by atoms with E-state index in [9.17, 15) is 0 Å². The molecule has 6 rings (SSSR count). The number of aromatic amines is 1. The van der Waals surface area contributed by atoms with Crippen LogP contribution in [0, 0.1) is 10.8 Å². The third kappa shape index (κ3) is 4.52. The lowest BCUT2D eigenvalue weighted by molar-refractivity contribution is 0.215. The second kappa shape index (κ2) is 9.80. The third-order valence-corrected chi connectivity index (χ3v) is 8.08. The molecule has 3 aromatic heterocycles. The Bertz CT molecular complexity index is 1500. The van der Waals surface area contributed by atoms with E-state index in [2.05, 4.69) is 59.3 Å². The van der Waals surface area contributed by atoms with Crippen LogP contribution in [0.5, 0.6) is 0 Å². The monoisotopic (exact) mass is 505 g/mol. The van der Waals surface area contributed by atoms with E-state index in [1.54, 1.807) is 6.08 Å². The Morgan fingerprint density at radius 1 is 1.11 bits per heavy atom. The average molecular weight is 506 g/mol. The maximum Gasteiger partial charge on any atom is 0.162 e. The predicted octanol–water partition coefficient (Wildman–Crippen LogP) is 5.80. The van der Waals surface area contributed by atoms with Crippen molar-refractivity contribution in [1.82, 2.24) is 25.3 Å². The second-order valence-corrected chi connectivity index (χ2v) is 11.3. The molecule has 2 fully saturated rings. The number of nitrogens with one attached hydrogen (secondary N) is 3. The first-order valence-corrected chi connectivity index (χ1v) is 13.5. The van der Waals surface area contributed by atoms with Crippen molar-refractivity contribution in [2.24, 2.45) is 5.41 Å². The van der Waals surface area contributed by atoms with Crippen molar-refractivity contribution in [2.75, 3.05) is 25.0 Å². The normalized spacial score (nSPS) is 19.4. The molecule has 0 radical (unpaired) electrons. The van der Waals surface area contributed by atoms with Crippen LogP contribution in [0.3, 0.4) is 0 Å². The van der Waals surface area contributed by atoms with Gasteiger partial charge in [0.25, 0.3) is 0 Å². The van der Waals surface area contributed by atoms with E-state index < -0.39 is 0 Å². The number of nitrogens with zero attached hydrogens (tertiary/aromatic N) is 4. The quantitative estimate of drug-likeness (QED) is 0.276. The molecule has 1 unspecified atom stereocenters. The molecule has 4 heterocycles. The topological polar surface area (TPSA) is 93.6 Å². The highest BCUT2D eigenvalue weighted by Crippen LogP contribution is 2.45. The molecule has 7 heteroatoms. The number of anilines is 1. The largest absolute Gasteiger partial charge is 0.361 e. The van der Waals surface area contributed by atoms with Crippen LogP contribution in [0.25, 0.3) is 27.7 Å². The van der Waals surface area contributed by atoms with Crippen LogP contribution in [0.2, 0.25) is 0 Å². The first kappa shape index (κ1) is 24.5. The van der Waals surface area contributed by atoms with Gasteiger partial charge in [0.15, 0.2) is 5.82 Å². The third-order valence-electron chi connectivity index (χ3n) is 8.08. The highest BCUT2D eigenvalue weighted by atomic mass is 15.2. The molecule has 1 aliphatic heterocycles. The number of H-pyrrole nitrogens is 1. The van der Waals surface area contributed by atoms with Gasteiger partial charge in [-0.3, -0.25) is 4.98 Å². The molecule has 194 valence electrons. The Morgan fingerprint density at radius 2 is 1.92 bits per heavy atom. The molecule has 0 spiro atoms. The molecule has 0 amide bonds. The SMILES string of the molecule is CN(c1nc(/C(=C/C=N)c2c[nH]c(-c3ccccc3)c2)nc2cncc(C3CC3)c12)C1CCNCC1(C)C. The molecule has 1 atom stereocenters. The highest BCUT2D eigenvalue weighted by Gasteiger charge is 2.37. The van der Waals surface area contributed by atoms with Crippen LogP contribution in [-0.2, 0) is 0 Å². The van der Waals surface area contributed by atoms with Crippen molar-refractivity contribution >= 4 is 28.5 Å². The maximum atomic E-state index is 7.92. The van der Waals surface area contributed by atoms with E-state index in [1.165, 1.54) is 24.6 Å². The minimum atomic E-state index is 0.0933. The van der Waals surface area contributed by atoms with E-state index in [4.69, 9.17) is 15.4 Å². The average Bonchev–Trinajstić information content (AvgIpc) is 3.67. The zero-order valence-corrected chi connectivity index (χ0v) is 22.3. The molecular weight excluding hydrogens is 470 g/mol. The number of pyridine rings is 1. The van der Waals surface area contributed by atoms with E-state index >= 15 is 0 Å². The predicted molar refractivity (Wildman–Crippen MR) is 155 cm³/mol. The Balaban J connectivity index is 1.50. The van der Waals surface area contributed by atoms with Gasteiger partial charge in [-0.1, -0.05) is 44.2 Å². The molecule has 7 nitrogen and oxygen atoms in total. The summed E-state index contributed by atoms with van der Waals surface area (Å²) in [6.07, 6.45) is 12.4. The van der Waals surface area contributed by atoms with Crippen molar-refractivity contribution in [3.8, 4) is 11.3 Å². The van der Waals surface area contributed by atoms with Crippen LogP contribution in [-0.4, -0.2) is 52.3 Å². The van der Waals surface area contributed by atoms with Gasteiger partial charge < -0.3 is 20.6 Å². The Kier molecular flexibility index (Phi) is 6.32. The molecule has 38 heavy (non-hydrogen) atoms. The van der Waals surface area contributed by atoms with Gasteiger partial charge in [0.05, 0.1) is 11.7 Å². The van der Waals surface area contributed by atoms with Gasteiger partial charge in [0.1, 0.15) is 5.82 Å². The Morgan fingerprint density at radius 3 is 2.66 bits per heavy atom. The number of benzene rings is 1. The van der Waals surface area contributed by atoms with Gasteiger partial charge in [-0.05, 0) is 60.4 Å². The number of fused-ring (bicyclic) bond motifs is 1. The number of piperidine rings is 1. The lowest BCUT2D eigenvalue weighted by Gasteiger charge is -2.45. The number of aromatic nitrogens is 4. The van der Waals surface area contributed by atoms with Gasteiger partial charge in [0, 0.05) is 60.5 Å². The molecule has 3 N–H and O–H groups in total. The standard InChI is InChI=1S/C31H35N7/c1-31(2)19-33-14-12-27(31)38(3)30-28-24(20-9-10-20)17-34-18-26(28)36-29(37-30)23(11-13-32)22-15-25(35-16-22)21-7-5-4-6-8-21/h4-8,11,13,15-18,20,27,32-33,35H,9-10,12,14,19H2,1-3H3/b23-11+,32-13?. The van der Waals surface area contributed by atoms with Gasteiger partial charge in [-0.25, -0.2) is 9.97 Å². The van der Waals surface area contributed by atoms with Crippen molar-refractivity contribution in [3.05, 3.63) is 78.0 Å². The molecule has 2 aliphatic rings. The highest BCUT2D eigenvalue weighted by molar-refractivity contribution is 5.96. The van der Waals surface area contributed by atoms with E-state index in [1.807, 2.05) is 36.8 Å². The molecule has 4 aromatic rings. The molecular formula is C31H35N7. The summed E-state index contributed by atoms with van der Waals surface area (Å²) in [6, 6.07) is 12.7. The number of allylic oxidation sites excluding steroid dienone is 1. The fourth-order valence-electron chi connectivity index (χ4n) is 5.91. The van der Waals surface area contributed by atoms with Crippen molar-refractivity contribution in [1.29, 1.82) is 5.41 Å². The Hall–Kier alpha value is -3.84. The summed E-state index contributed by atoms with van der Waals surface area (Å²) in [5.74, 6) is 2.11. The van der Waals surface area contributed by atoms with E-state index in [-0.39, 0.29) is 5.41 Å². The maximum absolute atomic E-state index is 7.92. The van der Waals surface area contributed by atoms with E-state index in [0.29, 0.717) is 17.8 Å². The van der Waals surface area contributed by atoms with E-state index in [0.717, 1.165) is 58.6 Å². The zero-order valence-electron chi connectivity index (χ0n) is 22.3. The molecule has 0 bridgehead atoms. The van der Waals surface area contributed by atoms with Crippen molar-refractivity contribution in [2.45, 2.75) is 45.1 Å². The Labute approximate surface area is 223 Å². The fraction of sp³-hybridized carbons (Fsp3) is 0.355. The molecule has 1 saturated heterocycles. The first-order valence-electron chi connectivity index (χ1n) is 13.5. The summed E-state index contributed by atoms with van der Waals surface area (Å²) in [7, 11) is 2.18. The summed E-state index contributed by atoms with van der Waals surface area (Å²) in [5.41, 5.74) is 6.11. The van der Waals surface area contributed by atoms with Gasteiger partial charge in [0.2, 0.25) is 0 Å². The van der Waals surface area contributed by atoms with Gasteiger partial charge in [-0.15, -0.1) is 0 Å². The summed E-state index contributed by atoms with van der Waals surface area (Å²) in [4.78, 5) is 20.7. The number of hydrogen-bond donors (Lipinski definition) is 3. The van der Waals surface area contributed by atoms with Crippen LogP contribution in [0.4, 0.5) is 5.82 Å². The van der Waals surface area contributed by atoms with Crippen LogP contribution in [0.15, 0.2) is 61.1 Å². The smallest absolute Gasteiger partial charge is 0.162 e. The summed E-state index contributed by atoms with van der Waals surface area (Å²) in [6.45, 7) is 6.63. The summed E-state index contributed by atoms with van der Waals surface area (Å²) in [5, 5.41) is 12.6. The molecule has 1 saturated carbocycles. The van der Waals surface area contributed by atoms with Gasteiger partial charge in [-0.2, -0.15) is 0 Å². The zero-order chi connectivity index (χ0) is 26.3. The molecule has 1 aromatic carbocycles. The van der Waals surface area contributed by atoms with Crippen LogP contribution >= 0.6 is 0 Å². The molecule has 1 aliphatic carbocycles. The van der Waals surface area contributed by atoms with Gasteiger partial charge >= 0.3 is 0 Å². The summed E-state index contributed by atoms with van der Waals surface area (Å²) < 4.78 is 0. The first-order chi connectivity index (χ1) is 18.5. The van der Waals surface area contributed by atoms with Crippen LogP contribution < -0.4 is 10.2 Å². The number of rotatable bonds is 7. The minimum absolute atomic E-state index is 0.0933. The van der Waals surface area contributed by atoms with Crippen molar-refractivity contribution < 1.29 is 0 Å². The lowest BCUT2D eigenvalue weighted by atomic mass is 9.79. The minimum Gasteiger partial charge on any atom is -0.361 e. The van der Waals surface area contributed by atoms with Crippen molar-refractivity contribution in [3.63, 3.8) is 0 Å². The number of hydrogen-bond acceptors (Lipinski definition) is 6. The fourth-order valence-corrected chi connectivity index (χ4v) is 5.91. The second-order valence-electron chi connectivity index (χ2n) is 11.3.